The molecule has 3 heteroatoms. The molecule has 0 aromatic heterocycles. The Kier molecular flexibility index (Phi) is 8.28. The molecule has 0 aliphatic heterocycles. The fourth-order valence-corrected chi connectivity index (χ4v) is 2.29. The summed E-state index contributed by atoms with van der Waals surface area (Å²) < 4.78 is 12.9. The van der Waals surface area contributed by atoms with Gasteiger partial charge in [-0.25, -0.2) is 4.39 Å². The Morgan fingerprint density at radius 2 is 1.70 bits per heavy atom. The van der Waals surface area contributed by atoms with Crippen LogP contribution < -0.4 is 10.2 Å². The summed E-state index contributed by atoms with van der Waals surface area (Å²) in [6.07, 6.45) is 4.99. The summed E-state index contributed by atoms with van der Waals surface area (Å²) in [6, 6.07) is 7.39. The molecular formula is C17H29FN2. The second-order valence-corrected chi connectivity index (χ2v) is 5.58. The summed E-state index contributed by atoms with van der Waals surface area (Å²) in [5.41, 5.74) is 1.12. The Labute approximate surface area is 123 Å². The van der Waals surface area contributed by atoms with Crippen LogP contribution in [0.2, 0.25) is 0 Å². The first-order chi connectivity index (χ1) is 9.63. The molecule has 0 aliphatic rings. The smallest absolute Gasteiger partial charge is 0.123 e. The van der Waals surface area contributed by atoms with Gasteiger partial charge in [0.1, 0.15) is 5.82 Å². The van der Waals surface area contributed by atoms with Gasteiger partial charge in [0.15, 0.2) is 0 Å². The molecule has 0 aliphatic carbocycles. The van der Waals surface area contributed by atoms with Crippen LogP contribution in [0.4, 0.5) is 10.1 Å². The van der Waals surface area contributed by atoms with Crippen molar-refractivity contribution in [1.82, 2.24) is 5.32 Å². The molecule has 1 aromatic carbocycles. The SMILES string of the molecule is CCN(CCCCCCNC(C)C)c1ccc(F)cc1. The van der Waals surface area contributed by atoms with E-state index in [4.69, 9.17) is 0 Å². The van der Waals surface area contributed by atoms with Crippen LogP contribution in [-0.4, -0.2) is 25.7 Å². The first-order valence-electron chi connectivity index (χ1n) is 7.87. The average Bonchev–Trinajstić information content (AvgIpc) is 2.43. The summed E-state index contributed by atoms with van der Waals surface area (Å²) in [7, 11) is 0. The van der Waals surface area contributed by atoms with Gasteiger partial charge in [0.05, 0.1) is 0 Å². The minimum atomic E-state index is -0.164. The van der Waals surface area contributed by atoms with Crippen LogP contribution in [-0.2, 0) is 0 Å². The van der Waals surface area contributed by atoms with Crippen LogP contribution in [0.1, 0.15) is 46.5 Å². The number of nitrogens with zero attached hydrogens (tertiary/aromatic N) is 1. The van der Waals surface area contributed by atoms with Crippen molar-refractivity contribution in [2.75, 3.05) is 24.5 Å². The van der Waals surface area contributed by atoms with E-state index in [1.54, 1.807) is 0 Å². The summed E-state index contributed by atoms with van der Waals surface area (Å²) in [6.45, 7) is 9.66. The topological polar surface area (TPSA) is 15.3 Å². The highest BCUT2D eigenvalue weighted by atomic mass is 19.1. The summed E-state index contributed by atoms with van der Waals surface area (Å²) in [4.78, 5) is 2.31. The normalized spacial score (nSPS) is 11.1. The summed E-state index contributed by atoms with van der Waals surface area (Å²) in [5, 5.41) is 3.44. The van der Waals surface area contributed by atoms with Gasteiger partial charge in [-0.05, 0) is 50.6 Å². The van der Waals surface area contributed by atoms with E-state index >= 15 is 0 Å². The molecule has 0 heterocycles. The van der Waals surface area contributed by atoms with Gasteiger partial charge in [-0.15, -0.1) is 0 Å². The molecule has 1 N–H and O–H groups in total. The summed E-state index contributed by atoms with van der Waals surface area (Å²) >= 11 is 0. The third-order valence-electron chi connectivity index (χ3n) is 3.48. The van der Waals surface area contributed by atoms with Gasteiger partial charge in [-0.3, -0.25) is 0 Å². The van der Waals surface area contributed by atoms with Crippen molar-refractivity contribution in [1.29, 1.82) is 0 Å². The molecule has 1 rings (SSSR count). The molecular weight excluding hydrogens is 251 g/mol. The van der Waals surface area contributed by atoms with Gasteiger partial charge in [0, 0.05) is 24.8 Å². The molecule has 0 fully saturated rings. The highest BCUT2D eigenvalue weighted by Gasteiger charge is 2.03. The maximum absolute atomic E-state index is 12.9. The lowest BCUT2D eigenvalue weighted by molar-refractivity contribution is 0.540. The molecule has 1 aromatic rings. The monoisotopic (exact) mass is 280 g/mol. The molecule has 0 saturated carbocycles. The molecule has 0 spiro atoms. The third-order valence-corrected chi connectivity index (χ3v) is 3.48. The Morgan fingerprint density at radius 3 is 2.30 bits per heavy atom. The summed E-state index contributed by atoms with van der Waals surface area (Å²) in [5.74, 6) is -0.164. The molecule has 0 bridgehead atoms. The van der Waals surface area contributed by atoms with Crippen molar-refractivity contribution in [3.8, 4) is 0 Å². The van der Waals surface area contributed by atoms with E-state index in [1.165, 1.54) is 37.8 Å². The van der Waals surface area contributed by atoms with Gasteiger partial charge >= 0.3 is 0 Å². The minimum absolute atomic E-state index is 0.164. The van der Waals surface area contributed by atoms with Crippen molar-refractivity contribution in [3.05, 3.63) is 30.1 Å². The van der Waals surface area contributed by atoms with Crippen LogP contribution in [0.3, 0.4) is 0 Å². The first kappa shape index (κ1) is 17.0. The van der Waals surface area contributed by atoms with E-state index in [-0.39, 0.29) is 5.82 Å². The third kappa shape index (κ3) is 6.90. The molecule has 20 heavy (non-hydrogen) atoms. The Hall–Kier alpha value is -1.09. The molecule has 0 amide bonds. The molecule has 114 valence electrons. The van der Waals surface area contributed by atoms with Crippen LogP contribution >= 0.6 is 0 Å². The first-order valence-corrected chi connectivity index (χ1v) is 7.87. The van der Waals surface area contributed by atoms with Gasteiger partial charge in [-0.1, -0.05) is 26.7 Å². The largest absolute Gasteiger partial charge is 0.372 e. The molecule has 0 radical (unpaired) electrons. The van der Waals surface area contributed by atoms with Crippen LogP contribution in [0.25, 0.3) is 0 Å². The van der Waals surface area contributed by atoms with Crippen molar-refractivity contribution in [3.63, 3.8) is 0 Å². The zero-order valence-electron chi connectivity index (χ0n) is 13.2. The Morgan fingerprint density at radius 1 is 1.05 bits per heavy atom. The van der Waals surface area contributed by atoms with E-state index in [0.29, 0.717) is 6.04 Å². The lowest BCUT2D eigenvalue weighted by Crippen LogP contribution is -2.24. The lowest BCUT2D eigenvalue weighted by Gasteiger charge is -2.23. The van der Waals surface area contributed by atoms with Crippen LogP contribution in [0.15, 0.2) is 24.3 Å². The van der Waals surface area contributed by atoms with Gasteiger partial charge < -0.3 is 10.2 Å². The lowest BCUT2D eigenvalue weighted by atomic mass is 10.1. The Balaban J connectivity index is 2.17. The van der Waals surface area contributed by atoms with Crippen LogP contribution in [0, 0.1) is 5.82 Å². The second-order valence-electron chi connectivity index (χ2n) is 5.58. The average molecular weight is 280 g/mol. The fourth-order valence-electron chi connectivity index (χ4n) is 2.29. The van der Waals surface area contributed by atoms with Crippen molar-refractivity contribution >= 4 is 5.69 Å². The second kappa shape index (κ2) is 9.76. The molecule has 2 nitrogen and oxygen atoms in total. The van der Waals surface area contributed by atoms with E-state index in [0.717, 1.165) is 25.3 Å². The zero-order chi connectivity index (χ0) is 14.8. The minimum Gasteiger partial charge on any atom is -0.372 e. The van der Waals surface area contributed by atoms with Crippen molar-refractivity contribution < 1.29 is 4.39 Å². The number of hydrogen-bond acceptors (Lipinski definition) is 2. The van der Waals surface area contributed by atoms with Gasteiger partial charge in [0.2, 0.25) is 0 Å². The number of anilines is 1. The van der Waals surface area contributed by atoms with E-state index < -0.39 is 0 Å². The quantitative estimate of drug-likeness (QED) is 0.646. The number of rotatable bonds is 10. The zero-order valence-corrected chi connectivity index (χ0v) is 13.2. The highest BCUT2D eigenvalue weighted by molar-refractivity contribution is 5.45. The van der Waals surface area contributed by atoms with Crippen molar-refractivity contribution in [2.45, 2.75) is 52.5 Å². The Bertz CT molecular complexity index is 349. The van der Waals surface area contributed by atoms with E-state index in [2.05, 4.69) is 31.0 Å². The van der Waals surface area contributed by atoms with Gasteiger partial charge in [0.25, 0.3) is 0 Å². The van der Waals surface area contributed by atoms with E-state index in [1.807, 2.05) is 12.1 Å². The van der Waals surface area contributed by atoms with Crippen LogP contribution in [0.5, 0.6) is 0 Å². The fraction of sp³-hybridized carbons (Fsp3) is 0.647. The predicted molar refractivity (Wildman–Crippen MR) is 85.9 cm³/mol. The maximum atomic E-state index is 12.9. The number of benzene rings is 1. The molecule has 0 unspecified atom stereocenters. The maximum Gasteiger partial charge on any atom is 0.123 e. The standard InChI is InChI=1S/C17H29FN2/c1-4-20(17-11-9-16(18)10-12-17)14-8-6-5-7-13-19-15(2)3/h9-12,15,19H,4-8,13-14H2,1-3H3. The molecule has 0 atom stereocenters. The van der Waals surface area contributed by atoms with Crippen molar-refractivity contribution in [2.24, 2.45) is 0 Å². The predicted octanol–water partition coefficient (Wildman–Crippen LogP) is 4.21. The van der Waals surface area contributed by atoms with Gasteiger partial charge in [-0.2, -0.15) is 0 Å². The number of halogens is 1. The molecule has 0 saturated heterocycles. The highest BCUT2D eigenvalue weighted by Crippen LogP contribution is 2.15. The number of nitrogens with one attached hydrogen (secondary N) is 1. The number of unbranched alkanes of at least 4 members (excludes halogenated alkanes) is 3. The number of hydrogen-bond donors (Lipinski definition) is 1. The van der Waals surface area contributed by atoms with E-state index in [9.17, 15) is 4.39 Å².